The third-order valence-electron chi connectivity index (χ3n) is 4.48. The molecule has 3 rings (SSSR count). The van der Waals surface area contributed by atoms with Crippen molar-refractivity contribution in [2.75, 3.05) is 5.32 Å². The highest BCUT2D eigenvalue weighted by atomic mass is 127. The predicted octanol–water partition coefficient (Wildman–Crippen LogP) is 4.61. The van der Waals surface area contributed by atoms with E-state index in [1.54, 1.807) is 18.2 Å². The molecular formula is C20H21IN2O2. The number of benzene rings is 2. The van der Waals surface area contributed by atoms with Gasteiger partial charge in [-0.15, -0.1) is 0 Å². The first-order valence-corrected chi connectivity index (χ1v) is 9.69. The Morgan fingerprint density at radius 3 is 2.20 bits per heavy atom. The number of anilines is 1. The second-order valence-corrected chi connectivity index (χ2v) is 7.45. The molecule has 1 aliphatic carbocycles. The van der Waals surface area contributed by atoms with E-state index in [4.69, 9.17) is 0 Å². The first kappa shape index (κ1) is 17.9. The topological polar surface area (TPSA) is 58.2 Å². The number of nitrogens with one attached hydrogen (secondary N) is 2. The van der Waals surface area contributed by atoms with Crippen LogP contribution in [-0.4, -0.2) is 17.9 Å². The van der Waals surface area contributed by atoms with Crippen LogP contribution in [0.5, 0.6) is 0 Å². The van der Waals surface area contributed by atoms with Gasteiger partial charge in [0.25, 0.3) is 11.8 Å². The maximum absolute atomic E-state index is 12.7. The Balaban J connectivity index is 1.75. The Morgan fingerprint density at radius 1 is 0.840 bits per heavy atom. The largest absolute Gasteiger partial charge is 0.349 e. The van der Waals surface area contributed by atoms with E-state index >= 15 is 0 Å². The fourth-order valence-corrected chi connectivity index (χ4v) is 3.77. The number of hydrogen-bond donors (Lipinski definition) is 2. The second kappa shape index (κ2) is 8.47. The normalized spacial score (nSPS) is 14.8. The number of para-hydroxylation sites is 1. The lowest BCUT2D eigenvalue weighted by atomic mass is 9.95. The summed E-state index contributed by atoms with van der Waals surface area (Å²) in [5, 5.41) is 5.99. The fourth-order valence-electron chi connectivity index (χ4n) is 3.14. The molecule has 130 valence electrons. The molecule has 1 fully saturated rings. The van der Waals surface area contributed by atoms with Crippen molar-refractivity contribution in [1.29, 1.82) is 0 Å². The maximum Gasteiger partial charge on any atom is 0.256 e. The van der Waals surface area contributed by atoms with Gasteiger partial charge in [0.2, 0.25) is 0 Å². The molecule has 4 nitrogen and oxygen atoms in total. The van der Waals surface area contributed by atoms with Gasteiger partial charge in [-0.1, -0.05) is 43.5 Å². The van der Waals surface area contributed by atoms with E-state index in [1.807, 2.05) is 30.3 Å². The SMILES string of the molecule is O=C(Nc1ccccc1C(=O)NC1CCCCC1)c1ccccc1I. The zero-order valence-corrected chi connectivity index (χ0v) is 16.1. The van der Waals surface area contributed by atoms with Gasteiger partial charge in [-0.05, 0) is 59.7 Å². The van der Waals surface area contributed by atoms with Gasteiger partial charge in [0, 0.05) is 9.61 Å². The molecule has 2 amide bonds. The maximum atomic E-state index is 12.7. The Hall–Kier alpha value is -1.89. The number of carbonyl (C=O) groups is 2. The van der Waals surface area contributed by atoms with E-state index in [2.05, 4.69) is 33.2 Å². The van der Waals surface area contributed by atoms with E-state index < -0.39 is 0 Å². The van der Waals surface area contributed by atoms with E-state index in [0.29, 0.717) is 16.8 Å². The average Bonchev–Trinajstić information content (AvgIpc) is 2.63. The van der Waals surface area contributed by atoms with Crippen LogP contribution in [0, 0.1) is 3.57 Å². The summed E-state index contributed by atoms with van der Waals surface area (Å²) in [6.45, 7) is 0. The molecule has 25 heavy (non-hydrogen) atoms. The van der Waals surface area contributed by atoms with Crippen molar-refractivity contribution in [2.24, 2.45) is 0 Å². The van der Waals surface area contributed by atoms with Crippen LogP contribution in [0.2, 0.25) is 0 Å². The molecule has 1 aliphatic rings. The molecule has 0 radical (unpaired) electrons. The molecule has 0 unspecified atom stereocenters. The molecule has 0 bridgehead atoms. The molecule has 1 saturated carbocycles. The van der Waals surface area contributed by atoms with Gasteiger partial charge in [-0.2, -0.15) is 0 Å². The standard InChI is InChI=1S/C20H21IN2O2/c21-17-12-6-4-10-15(17)19(24)23-18-13-7-5-11-16(18)20(25)22-14-8-2-1-3-9-14/h4-7,10-14H,1-3,8-9H2,(H,22,25)(H,23,24). The fraction of sp³-hybridized carbons (Fsp3) is 0.300. The molecule has 0 saturated heterocycles. The number of amides is 2. The summed E-state index contributed by atoms with van der Waals surface area (Å²) in [6, 6.07) is 14.8. The predicted molar refractivity (Wildman–Crippen MR) is 108 cm³/mol. The van der Waals surface area contributed by atoms with Gasteiger partial charge < -0.3 is 10.6 Å². The highest BCUT2D eigenvalue weighted by molar-refractivity contribution is 14.1. The van der Waals surface area contributed by atoms with Crippen molar-refractivity contribution in [2.45, 2.75) is 38.1 Å². The molecule has 0 spiro atoms. The van der Waals surface area contributed by atoms with Gasteiger partial charge in [0.15, 0.2) is 0 Å². The summed E-state index contributed by atoms with van der Waals surface area (Å²) in [5.74, 6) is -0.325. The molecule has 2 N–H and O–H groups in total. The monoisotopic (exact) mass is 448 g/mol. The molecule has 5 heteroatoms. The van der Waals surface area contributed by atoms with E-state index in [1.165, 1.54) is 6.42 Å². The Labute approximate surface area is 161 Å². The zero-order valence-electron chi connectivity index (χ0n) is 13.9. The van der Waals surface area contributed by atoms with Crippen LogP contribution in [0.15, 0.2) is 48.5 Å². The third-order valence-corrected chi connectivity index (χ3v) is 5.42. The third kappa shape index (κ3) is 4.60. The minimum Gasteiger partial charge on any atom is -0.349 e. The van der Waals surface area contributed by atoms with Crippen LogP contribution in [0.25, 0.3) is 0 Å². The van der Waals surface area contributed by atoms with Crippen molar-refractivity contribution < 1.29 is 9.59 Å². The van der Waals surface area contributed by atoms with Gasteiger partial charge in [-0.3, -0.25) is 9.59 Å². The van der Waals surface area contributed by atoms with Crippen molar-refractivity contribution in [1.82, 2.24) is 5.32 Å². The second-order valence-electron chi connectivity index (χ2n) is 6.29. The molecular weight excluding hydrogens is 427 g/mol. The van der Waals surface area contributed by atoms with Gasteiger partial charge >= 0.3 is 0 Å². The highest BCUT2D eigenvalue weighted by Crippen LogP contribution is 2.21. The first-order valence-electron chi connectivity index (χ1n) is 8.61. The highest BCUT2D eigenvalue weighted by Gasteiger charge is 2.19. The van der Waals surface area contributed by atoms with E-state index in [0.717, 1.165) is 29.3 Å². The minimum atomic E-state index is -0.206. The van der Waals surface area contributed by atoms with Gasteiger partial charge in [0.05, 0.1) is 16.8 Å². The summed E-state index contributed by atoms with van der Waals surface area (Å²) in [6.07, 6.45) is 5.63. The Kier molecular flexibility index (Phi) is 6.07. The summed E-state index contributed by atoms with van der Waals surface area (Å²) >= 11 is 2.14. The van der Waals surface area contributed by atoms with E-state index in [9.17, 15) is 9.59 Å². The molecule has 2 aromatic rings. The van der Waals surface area contributed by atoms with Crippen LogP contribution < -0.4 is 10.6 Å². The van der Waals surface area contributed by atoms with Gasteiger partial charge in [0.1, 0.15) is 0 Å². The molecule has 0 aliphatic heterocycles. The lowest BCUT2D eigenvalue weighted by Gasteiger charge is -2.23. The summed E-state index contributed by atoms with van der Waals surface area (Å²) < 4.78 is 0.877. The van der Waals surface area contributed by atoms with Crippen LogP contribution in [0.4, 0.5) is 5.69 Å². The van der Waals surface area contributed by atoms with Crippen LogP contribution in [-0.2, 0) is 0 Å². The Morgan fingerprint density at radius 2 is 1.48 bits per heavy atom. The first-order chi connectivity index (χ1) is 12.1. The quantitative estimate of drug-likeness (QED) is 0.672. The number of hydrogen-bond acceptors (Lipinski definition) is 2. The van der Waals surface area contributed by atoms with Crippen molar-refractivity contribution >= 4 is 40.1 Å². The lowest BCUT2D eigenvalue weighted by molar-refractivity contribution is 0.0928. The molecule has 0 atom stereocenters. The van der Waals surface area contributed by atoms with Crippen molar-refractivity contribution in [3.05, 3.63) is 63.2 Å². The molecule has 0 heterocycles. The molecule has 2 aromatic carbocycles. The average molecular weight is 448 g/mol. The summed E-state index contributed by atoms with van der Waals surface area (Å²) in [7, 11) is 0. The number of carbonyl (C=O) groups excluding carboxylic acids is 2. The summed E-state index contributed by atoms with van der Waals surface area (Å²) in [5.41, 5.74) is 1.65. The Bertz CT molecular complexity index is 770. The molecule has 0 aromatic heterocycles. The van der Waals surface area contributed by atoms with Crippen molar-refractivity contribution in [3.63, 3.8) is 0 Å². The van der Waals surface area contributed by atoms with Crippen molar-refractivity contribution in [3.8, 4) is 0 Å². The van der Waals surface area contributed by atoms with E-state index in [-0.39, 0.29) is 17.9 Å². The number of halogens is 1. The summed E-state index contributed by atoms with van der Waals surface area (Å²) in [4.78, 5) is 25.2. The van der Waals surface area contributed by atoms with Crippen LogP contribution in [0.1, 0.15) is 52.8 Å². The van der Waals surface area contributed by atoms with Gasteiger partial charge in [-0.25, -0.2) is 0 Å². The smallest absolute Gasteiger partial charge is 0.256 e. The van der Waals surface area contributed by atoms with Crippen LogP contribution >= 0.6 is 22.6 Å². The van der Waals surface area contributed by atoms with Crippen LogP contribution in [0.3, 0.4) is 0 Å². The minimum absolute atomic E-state index is 0.120. The zero-order chi connectivity index (χ0) is 17.6. The lowest BCUT2D eigenvalue weighted by Crippen LogP contribution is -2.36. The number of rotatable bonds is 4.